The number of ether oxygens (including phenoxy) is 1. The summed E-state index contributed by atoms with van der Waals surface area (Å²) in [6.45, 7) is 6.83. The van der Waals surface area contributed by atoms with Crippen LogP contribution in [0.5, 0.6) is 0 Å². The predicted octanol–water partition coefficient (Wildman–Crippen LogP) is 3.45. The molecule has 1 N–H and O–H groups in total. The molecule has 0 heterocycles. The number of hydrogen-bond acceptors (Lipinski definition) is 3. The molecule has 0 aliphatic rings. The highest BCUT2D eigenvalue weighted by Crippen LogP contribution is 2.19. The first-order valence-corrected chi connectivity index (χ1v) is 6.84. The van der Waals surface area contributed by atoms with Crippen LogP contribution in [0, 0.1) is 0 Å². The van der Waals surface area contributed by atoms with Gasteiger partial charge in [0.05, 0.1) is 0 Å². The van der Waals surface area contributed by atoms with E-state index in [4.69, 9.17) is 27.9 Å². The van der Waals surface area contributed by atoms with Crippen LogP contribution < -0.4 is 5.32 Å². The second kappa shape index (κ2) is 6.46. The van der Waals surface area contributed by atoms with Gasteiger partial charge < -0.3 is 10.1 Å². The van der Waals surface area contributed by atoms with Gasteiger partial charge >= 0.3 is 5.97 Å². The summed E-state index contributed by atoms with van der Waals surface area (Å²) in [5, 5.41) is 3.25. The molecule has 4 nitrogen and oxygen atoms in total. The maximum atomic E-state index is 12.0. The van der Waals surface area contributed by atoms with E-state index in [-0.39, 0.29) is 5.56 Å². The van der Waals surface area contributed by atoms with Crippen LogP contribution in [0.25, 0.3) is 0 Å². The van der Waals surface area contributed by atoms with E-state index in [0.29, 0.717) is 10.0 Å². The van der Waals surface area contributed by atoms with Gasteiger partial charge in [-0.05, 0) is 45.9 Å². The average Bonchev–Trinajstić information content (AvgIpc) is 2.25. The van der Waals surface area contributed by atoms with Crippen LogP contribution in [0.15, 0.2) is 18.2 Å². The Morgan fingerprint density at radius 1 is 1.15 bits per heavy atom. The summed E-state index contributed by atoms with van der Waals surface area (Å²) >= 11 is 11.6. The highest BCUT2D eigenvalue weighted by molar-refractivity contribution is 6.35. The number of hydrogen-bond donors (Lipinski definition) is 1. The number of amides is 1. The third-order valence-electron chi connectivity index (χ3n) is 2.23. The minimum Gasteiger partial charge on any atom is -0.458 e. The predicted molar refractivity (Wildman–Crippen MR) is 79.2 cm³/mol. The van der Waals surface area contributed by atoms with Crippen molar-refractivity contribution in [2.45, 2.75) is 39.3 Å². The average molecular weight is 318 g/mol. The van der Waals surface area contributed by atoms with E-state index >= 15 is 0 Å². The first kappa shape index (κ1) is 16.8. The molecule has 20 heavy (non-hydrogen) atoms. The quantitative estimate of drug-likeness (QED) is 0.869. The molecule has 0 bridgehead atoms. The Labute approximate surface area is 128 Å². The number of benzene rings is 1. The molecule has 0 aliphatic carbocycles. The van der Waals surface area contributed by atoms with E-state index in [1.54, 1.807) is 27.7 Å². The molecule has 1 amide bonds. The zero-order valence-corrected chi connectivity index (χ0v) is 13.3. The molecule has 0 saturated carbocycles. The van der Waals surface area contributed by atoms with Gasteiger partial charge in [0.15, 0.2) is 0 Å². The standard InChI is InChI=1S/C14H17Cl2NO3/c1-8(13(19)20-14(2,3)4)17-12(18)9-5-10(15)7-11(16)6-9/h5-8H,1-4H3,(H,17,18)/t8-/m1/s1. The normalized spacial score (nSPS) is 12.7. The van der Waals surface area contributed by atoms with Gasteiger partial charge in [0.1, 0.15) is 11.6 Å². The molecule has 1 atom stereocenters. The Hall–Kier alpha value is -1.26. The lowest BCUT2D eigenvalue weighted by atomic mass is 10.2. The maximum absolute atomic E-state index is 12.0. The molecule has 110 valence electrons. The molecule has 0 spiro atoms. The Morgan fingerprint density at radius 2 is 1.65 bits per heavy atom. The number of nitrogens with one attached hydrogen (secondary N) is 1. The van der Waals surface area contributed by atoms with Crippen molar-refractivity contribution in [2.75, 3.05) is 0 Å². The largest absolute Gasteiger partial charge is 0.458 e. The highest BCUT2D eigenvalue weighted by Gasteiger charge is 2.23. The molecule has 0 aliphatic heterocycles. The van der Waals surface area contributed by atoms with Gasteiger partial charge in [0.25, 0.3) is 5.91 Å². The first-order chi connectivity index (χ1) is 9.08. The van der Waals surface area contributed by atoms with Crippen molar-refractivity contribution in [3.05, 3.63) is 33.8 Å². The van der Waals surface area contributed by atoms with E-state index in [1.807, 2.05) is 0 Å². The number of esters is 1. The fourth-order valence-electron chi connectivity index (χ4n) is 1.41. The summed E-state index contributed by atoms with van der Waals surface area (Å²) in [4.78, 5) is 23.8. The van der Waals surface area contributed by atoms with Crippen molar-refractivity contribution in [3.63, 3.8) is 0 Å². The Balaban J connectivity index is 2.72. The lowest BCUT2D eigenvalue weighted by molar-refractivity contribution is -0.156. The monoisotopic (exact) mass is 317 g/mol. The zero-order valence-electron chi connectivity index (χ0n) is 11.8. The molecule has 0 radical (unpaired) electrons. The SMILES string of the molecule is C[C@@H](NC(=O)c1cc(Cl)cc(Cl)c1)C(=O)OC(C)(C)C. The zero-order chi connectivity index (χ0) is 15.5. The van der Waals surface area contributed by atoms with Crippen LogP contribution in [0.1, 0.15) is 38.1 Å². The molecule has 1 aromatic rings. The molecule has 0 unspecified atom stereocenters. The topological polar surface area (TPSA) is 55.4 Å². The lowest BCUT2D eigenvalue weighted by Gasteiger charge is -2.22. The number of carbonyl (C=O) groups excluding carboxylic acids is 2. The summed E-state index contributed by atoms with van der Waals surface area (Å²) in [6, 6.07) is 3.71. The van der Waals surface area contributed by atoms with Crippen LogP contribution in [0.4, 0.5) is 0 Å². The Morgan fingerprint density at radius 3 is 2.10 bits per heavy atom. The summed E-state index contributed by atoms with van der Waals surface area (Å²) in [7, 11) is 0. The number of halogens is 2. The minimum absolute atomic E-state index is 0.290. The van der Waals surface area contributed by atoms with Gasteiger partial charge in [-0.15, -0.1) is 0 Å². The molecule has 1 aromatic carbocycles. The summed E-state index contributed by atoms with van der Waals surface area (Å²) < 4.78 is 5.18. The van der Waals surface area contributed by atoms with Gasteiger partial charge in [0, 0.05) is 15.6 Å². The van der Waals surface area contributed by atoms with Crippen LogP contribution in [-0.2, 0) is 9.53 Å². The molecule has 0 fully saturated rings. The number of carbonyl (C=O) groups is 2. The number of rotatable bonds is 3. The van der Waals surface area contributed by atoms with E-state index in [1.165, 1.54) is 18.2 Å². The van der Waals surface area contributed by atoms with Gasteiger partial charge in [-0.25, -0.2) is 4.79 Å². The second-order valence-electron chi connectivity index (χ2n) is 5.39. The van der Waals surface area contributed by atoms with E-state index in [2.05, 4.69) is 5.32 Å². The third-order valence-corrected chi connectivity index (χ3v) is 2.67. The first-order valence-electron chi connectivity index (χ1n) is 6.08. The van der Waals surface area contributed by atoms with Gasteiger partial charge in [-0.3, -0.25) is 4.79 Å². The van der Waals surface area contributed by atoms with Crippen molar-refractivity contribution in [1.29, 1.82) is 0 Å². The maximum Gasteiger partial charge on any atom is 0.328 e. The fourth-order valence-corrected chi connectivity index (χ4v) is 1.94. The fraction of sp³-hybridized carbons (Fsp3) is 0.429. The van der Waals surface area contributed by atoms with Crippen LogP contribution in [0.3, 0.4) is 0 Å². The van der Waals surface area contributed by atoms with Crippen molar-refractivity contribution in [3.8, 4) is 0 Å². The van der Waals surface area contributed by atoms with E-state index in [0.717, 1.165) is 0 Å². The van der Waals surface area contributed by atoms with Gasteiger partial charge in [-0.2, -0.15) is 0 Å². The molecule has 1 rings (SSSR count). The van der Waals surface area contributed by atoms with Gasteiger partial charge in [0.2, 0.25) is 0 Å². The highest BCUT2D eigenvalue weighted by atomic mass is 35.5. The van der Waals surface area contributed by atoms with Crippen molar-refractivity contribution >= 4 is 35.1 Å². The van der Waals surface area contributed by atoms with E-state index in [9.17, 15) is 9.59 Å². The van der Waals surface area contributed by atoms with Crippen LogP contribution >= 0.6 is 23.2 Å². The van der Waals surface area contributed by atoms with Crippen molar-refractivity contribution in [1.82, 2.24) is 5.32 Å². The summed E-state index contributed by atoms with van der Waals surface area (Å²) in [6.07, 6.45) is 0. The molecular weight excluding hydrogens is 301 g/mol. The lowest BCUT2D eigenvalue weighted by Crippen LogP contribution is -2.42. The Kier molecular flexibility index (Phi) is 5.42. The molecule has 0 aromatic heterocycles. The van der Waals surface area contributed by atoms with Crippen molar-refractivity contribution < 1.29 is 14.3 Å². The van der Waals surface area contributed by atoms with Crippen LogP contribution in [-0.4, -0.2) is 23.5 Å². The molecular formula is C14H17Cl2NO3. The summed E-state index contributed by atoms with van der Waals surface area (Å²) in [5.41, 5.74) is -0.312. The van der Waals surface area contributed by atoms with E-state index < -0.39 is 23.5 Å². The smallest absolute Gasteiger partial charge is 0.328 e. The molecule has 6 heteroatoms. The van der Waals surface area contributed by atoms with Crippen molar-refractivity contribution in [2.24, 2.45) is 0 Å². The van der Waals surface area contributed by atoms with Gasteiger partial charge in [-0.1, -0.05) is 23.2 Å². The second-order valence-corrected chi connectivity index (χ2v) is 6.26. The third kappa shape index (κ3) is 5.39. The summed E-state index contributed by atoms with van der Waals surface area (Å²) in [5.74, 6) is -0.938. The Bertz CT molecular complexity index is 503. The minimum atomic E-state index is -0.764. The van der Waals surface area contributed by atoms with Crippen LogP contribution in [0.2, 0.25) is 10.0 Å². The molecule has 0 saturated heterocycles.